The van der Waals surface area contributed by atoms with E-state index in [1.807, 2.05) is 13.0 Å². The van der Waals surface area contributed by atoms with Crippen molar-refractivity contribution >= 4 is 23.0 Å². The van der Waals surface area contributed by atoms with Crippen LogP contribution in [0.4, 0.5) is 5.82 Å². The predicted octanol–water partition coefficient (Wildman–Crippen LogP) is 2.63. The summed E-state index contributed by atoms with van der Waals surface area (Å²) in [5.41, 5.74) is 8.13. The lowest BCUT2D eigenvalue weighted by Crippen LogP contribution is -2.34. The number of hydrogen-bond donors (Lipinski definition) is 2. The second kappa shape index (κ2) is 4.61. The van der Waals surface area contributed by atoms with Crippen LogP contribution in [-0.4, -0.2) is 16.5 Å². The van der Waals surface area contributed by atoms with Crippen molar-refractivity contribution in [2.24, 2.45) is 11.1 Å². The van der Waals surface area contributed by atoms with Gasteiger partial charge in [-0.3, -0.25) is 0 Å². The van der Waals surface area contributed by atoms with E-state index in [1.54, 1.807) is 6.20 Å². The lowest BCUT2D eigenvalue weighted by Gasteiger charge is -2.38. The van der Waals surface area contributed by atoms with Crippen LogP contribution in [0.3, 0.4) is 0 Å². The van der Waals surface area contributed by atoms with Gasteiger partial charge in [0.1, 0.15) is 10.8 Å². The molecule has 1 saturated carbocycles. The van der Waals surface area contributed by atoms with Crippen molar-refractivity contribution in [2.75, 3.05) is 11.9 Å². The highest BCUT2D eigenvalue weighted by Crippen LogP contribution is 2.40. The fourth-order valence-corrected chi connectivity index (χ4v) is 2.52. The first-order chi connectivity index (χ1) is 8.02. The van der Waals surface area contributed by atoms with E-state index in [2.05, 4.69) is 17.2 Å². The highest BCUT2D eigenvalue weighted by Gasteiger charge is 2.31. The maximum Gasteiger partial charge on any atom is 0.136 e. The molecule has 1 aliphatic rings. The van der Waals surface area contributed by atoms with Gasteiger partial charge in [-0.2, -0.15) is 0 Å². The Balaban J connectivity index is 2.15. The summed E-state index contributed by atoms with van der Waals surface area (Å²) in [6.07, 6.45) is 5.70. The van der Waals surface area contributed by atoms with E-state index in [0.29, 0.717) is 10.4 Å². The minimum absolute atomic E-state index is 0.414. The van der Waals surface area contributed by atoms with Crippen LogP contribution in [0.15, 0.2) is 12.3 Å². The molecule has 3 N–H and O–H groups in total. The third kappa shape index (κ3) is 2.57. The zero-order chi connectivity index (χ0) is 12.5. The molecule has 0 spiro atoms. The average molecular weight is 249 g/mol. The molecule has 0 aliphatic heterocycles. The number of aromatic nitrogens is 1. The Hall–Kier alpha value is -1.16. The van der Waals surface area contributed by atoms with Crippen molar-refractivity contribution in [3.05, 3.63) is 23.4 Å². The van der Waals surface area contributed by atoms with Crippen molar-refractivity contribution in [3.8, 4) is 0 Å². The standard InChI is InChI=1S/C13H19N3S/c1-9-4-7-15-12(10(9)11(14)17)16-8-13(2)5-3-6-13/h4,7H,3,5-6,8H2,1-2H3,(H2,14,17)(H,15,16). The number of thiocarbonyl (C=S) groups is 1. The number of nitrogens with two attached hydrogens (primary N) is 1. The third-order valence-corrected chi connectivity index (χ3v) is 3.85. The Bertz CT molecular complexity index is 438. The van der Waals surface area contributed by atoms with Gasteiger partial charge in [-0.25, -0.2) is 4.98 Å². The van der Waals surface area contributed by atoms with Gasteiger partial charge >= 0.3 is 0 Å². The van der Waals surface area contributed by atoms with Gasteiger partial charge in [0.2, 0.25) is 0 Å². The molecule has 1 fully saturated rings. The van der Waals surface area contributed by atoms with Gasteiger partial charge in [-0.15, -0.1) is 0 Å². The zero-order valence-electron chi connectivity index (χ0n) is 10.4. The normalized spacial score (nSPS) is 17.3. The van der Waals surface area contributed by atoms with Gasteiger partial charge in [0, 0.05) is 12.7 Å². The van der Waals surface area contributed by atoms with Gasteiger partial charge < -0.3 is 11.1 Å². The van der Waals surface area contributed by atoms with Crippen LogP contribution in [0.5, 0.6) is 0 Å². The molecule has 4 heteroatoms. The molecule has 0 amide bonds. The van der Waals surface area contributed by atoms with Crippen molar-refractivity contribution in [1.29, 1.82) is 0 Å². The summed E-state index contributed by atoms with van der Waals surface area (Å²) in [6, 6.07) is 1.94. The van der Waals surface area contributed by atoms with Gasteiger partial charge in [0.05, 0.1) is 5.56 Å². The van der Waals surface area contributed by atoms with Crippen LogP contribution in [-0.2, 0) is 0 Å². The molecule has 1 heterocycles. The molecule has 2 rings (SSSR count). The second-order valence-corrected chi connectivity index (χ2v) is 5.67. The van der Waals surface area contributed by atoms with Gasteiger partial charge in [0.25, 0.3) is 0 Å². The molecule has 92 valence electrons. The molecule has 1 aromatic heterocycles. The van der Waals surface area contributed by atoms with Crippen LogP contribution < -0.4 is 11.1 Å². The summed E-state index contributed by atoms with van der Waals surface area (Å²) in [4.78, 5) is 4.76. The zero-order valence-corrected chi connectivity index (χ0v) is 11.2. The van der Waals surface area contributed by atoms with Crippen LogP contribution in [0.2, 0.25) is 0 Å². The van der Waals surface area contributed by atoms with E-state index in [4.69, 9.17) is 18.0 Å². The lowest BCUT2D eigenvalue weighted by molar-refractivity contribution is 0.180. The summed E-state index contributed by atoms with van der Waals surface area (Å²) >= 11 is 5.08. The fourth-order valence-electron chi connectivity index (χ4n) is 2.26. The van der Waals surface area contributed by atoms with E-state index in [9.17, 15) is 0 Å². The molecule has 0 atom stereocenters. The number of nitrogens with zero attached hydrogens (tertiary/aromatic N) is 1. The van der Waals surface area contributed by atoms with E-state index < -0.39 is 0 Å². The molecule has 0 aromatic carbocycles. The molecule has 0 radical (unpaired) electrons. The molecule has 1 aliphatic carbocycles. The molecule has 0 bridgehead atoms. The minimum Gasteiger partial charge on any atom is -0.389 e. The first-order valence-electron chi connectivity index (χ1n) is 6.01. The summed E-state index contributed by atoms with van der Waals surface area (Å²) in [5, 5.41) is 3.40. The number of anilines is 1. The Morgan fingerprint density at radius 1 is 1.59 bits per heavy atom. The largest absolute Gasteiger partial charge is 0.389 e. The molecular weight excluding hydrogens is 230 g/mol. The highest BCUT2D eigenvalue weighted by molar-refractivity contribution is 7.80. The Labute approximate surface area is 108 Å². The predicted molar refractivity (Wildman–Crippen MR) is 75.3 cm³/mol. The van der Waals surface area contributed by atoms with E-state index in [1.165, 1.54) is 19.3 Å². The maximum atomic E-state index is 5.75. The van der Waals surface area contributed by atoms with E-state index in [-0.39, 0.29) is 0 Å². The Morgan fingerprint density at radius 3 is 2.82 bits per heavy atom. The molecule has 0 unspecified atom stereocenters. The Kier molecular flexibility index (Phi) is 3.33. The number of aryl methyl sites for hydroxylation is 1. The monoisotopic (exact) mass is 249 g/mol. The van der Waals surface area contributed by atoms with Gasteiger partial charge in [0.15, 0.2) is 0 Å². The quantitative estimate of drug-likeness (QED) is 0.805. The van der Waals surface area contributed by atoms with Crippen LogP contribution in [0, 0.1) is 12.3 Å². The molecule has 3 nitrogen and oxygen atoms in total. The van der Waals surface area contributed by atoms with Crippen molar-refractivity contribution < 1.29 is 0 Å². The van der Waals surface area contributed by atoms with Gasteiger partial charge in [-0.05, 0) is 36.8 Å². The van der Waals surface area contributed by atoms with Crippen LogP contribution in [0.1, 0.15) is 37.3 Å². The highest BCUT2D eigenvalue weighted by atomic mass is 32.1. The van der Waals surface area contributed by atoms with Crippen molar-refractivity contribution in [3.63, 3.8) is 0 Å². The summed E-state index contributed by atoms with van der Waals surface area (Å²) < 4.78 is 0. The minimum atomic E-state index is 0.414. The fraction of sp³-hybridized carbons (Fsp3) is 0.538. The second-order valence-electron chi connectivity index (χ2n) is 5.23. The summed E-state index contributed by atoms with van der Waals surface area (Å²) in [7, 11) is 0. The van der Waals surface area contributed by atoms with Crippen LogP contribution in [0.25, 0.3) is 0 Å². The van der Waals surface area contributed by atoms with Gasteiger partial charge in [-0.1, -0.05) is 25.6 Å². The number of rotatable bonds is 4. The number of pyridine rings is 1. The third-order valence-electron chi connectivity index (χ3n) is 3.65. The molecular formula is C13H19N3S. The molecule has 0 saturated heterocycles. The van der Waals surface area contributed by atoms with Crippen molar-refractivity contribution in [1.82, 2.24) is 4.98 Å². The maximum absolute atomic E-state index is 5.75. The number of nitrogens with one attached hydrogen (secondary N) is 1. The smallest absolute Gasteiger partial charge is 0.136 e. The SMILES string of the molecule is Cc1ccnc(NCC2(C)CCC2)c1C(N)=S. The first kappa shape index (κ1) is 12.3. The average Bonchev–Trinajstić information content (AvgIpc) is 2.23. The Morgan fingerprint density at radius 2 is 2.29 bits per heavy atom. The summed E-state index contributed by atoms with van der Waals surface area (Å²) in [6.45, 7) is 5.26. The van der Waals surface area contributed by atoms with E-state index >= 15 is 0 Å². The van der Waals surface area contributed by atoms with Crippen LogP contribution >= 0.6 is 12.2 Å². The topological polar surface area (TPSA) is 50.9 Å². The molecule has 17 heavy (non-hydrogen) atoms. The van der Waals surface area contributed by atoms with E-state index in [0.717, 1.165) is 23.5 Å². The first-order valence-corrected chi connectivity index (χ1v) is 6.42. The summed E-state index contributed by atoms with van der Waals surface area (Å²) in [5.74, 6) is 0.825. The van der Waals surface area contributed by atoms with Crippen molar-refractivity contribution in [2.45, 2.75) is 33.1 Å². The number of hydrogen-bond acceptors (Lipinski definition) is 3. The lowest BCUT2D eigenvalue weighted by atomic mass is 9.70. The molecule has 1 aromatic rings.